The molecule has 0 bridgehead atoms. The van der Waals surface area contributed by atoms with E-state index < -0.39 is 0 Å². The van der Waals surface area contributed by atoms with Crippen molar-refractivity contribution in [2.24, 2.45) is 0 Å². The lowest BCUT2D eigenvalue weighted by atomic mass is 10.2. The molecule has 8 heteroatoms. The maximum absolute atomic E-state index is 12.9. The van der Waals surface area contributed by atoms with Crippen LogP contribution in [0.5, 0.6) is 0 Å². The van der Waals surface area contributed by atoms with Gasteiger partial charge in [0.2, 0.25) is 5.89 Å². The van der Waals surface area contributed by atoms with E-state index in [4.69, 9.17) is 4.52 Å². The zero-order valence-electron chi connectivity index (χ0n) is 14.0. The van der Waals surface area contributed by atoms with E-state index in [0.29, 0.717) is 29.7 Å². The molecule has 132 valence electrons. The van der Waals surface area contributed by atoms with E-state index in [9.17, 15) is 4.79 Å². The SMILES string of the molecule is O=C(c1cnc(-c2cccs2)nc1)N1CCC[C@H]1c1nc(C2CC2)no1. The molecule has 0 unspecified atom stereocenters. The topological polar surface area (TPSA) is 85.0 Å². The number of hydrogen-bond donors (Lipinski definition) is 0. The van der Waals surface area contributed by atoms with Crippen LogP contribution in [0.2, 0.25) is 0 Å². The summed E-state index contributed by atoms with van der Waals surface area (Å²) in [5.41, 5.74) is 0.485. The molecule has 2 fully saturated rings. The molecular weight excluding hydrogens is 350 g/mol. The molecule has 0 spiro atoms. The van der Waals surface area contributed by atoms with Crippen LogP contribution in [0.4, 0.5) is 0 Å². The van der Waals surface area contributed by atoms with Crippen molar-refractivity contribution in [3.05, 3.63) is 47.2 Å². The van der Waals surface area contributed by atoms with Gasteiger partial charge in [-0.2, -0.15) is 4.98 Å². The number of carbonyl (C=O) groups excluding carboxylic acids is 1. The molecule has 0 radical (unpaired) electrons. The van der Waals surface area contributed by atoms with Crippen LogP contribution in [0.1, 0.15) is 59.7 Å². The summed E-state index contributed by atoms with van der Waals surface area (Å²) >= 11 is 1.57. The van der Waals surface area contributed by atoms with Gasteiger partial charge in [-0.15, -0.1) is 11.3 Å². The van der Waals surface area contributed by atoms with Gasteiger partial charge in [0.15, 0.2) is 11.6 Å². The van der Waals surface area contributed by atoms with Crippen molar-refractivity contribution in [1.82, 2.24) is 25.0 Å². The lowest BCUT2D eigenvalue weighted by Crippen LogP contribution is -2.31. The first-order valence-corrected chi connectivity index (χ1v) is 9.68. The molecule has 0 aromatic carbocycles. The summed E-state index contributed by atoms with van der Waals surface area (Å²) in [5, 5.41) is 6.06. The van der Waals surface area contributed by atoms with Gasteiger partial charge in [0.05, 0.1) is 10.4 Å². The van der Waals surface area contributed by atoms with Crippen molar-refractivity contribution in [3.63, 3.8) is 0 Å². The normalized spacial score (nSPS) is 19.8. The fraction of sp³-hybridized carbons (Fsp3) is 0.389. The Morgan fingerprint density at radius 3 is 2.81 bits per heavy atom. The quantitative estimate of drug-likeness (QED) is 0.702. The lowest BCUT2D eigenvalue weighted by molar-refractivity contribution is 0.0709. The van der Waals surface area contributed by atoms with Gasteiger partial charge < -0.3 is 9.42 Å². The molecule has 0 N–H and O–H groups in total. The third-order valence-electron chi connectivity index (χ3n) is 4.84. The second-order valence-electron chi connectivity index (χ2n) is 6.69. The van der Waals surface area contributed by atoms with Crippen LogP contribution < -0.4 is 0 Å². The molecule has 1 aliphatic heterocycles. The number of carbonyl (C=O) groups is 1. The first kappa shape index (κ1) is 15.6. The van der Waals surface area contributed by atoms with Gasteiger partial charge in [-0.05, 0) is 37.1 Å². The second kappa shape index (κ2) is 6.28. The largest absolute Gasteiger partial charge is 0.337 e. The molecule has 7 nitrogen and oxygen atoms in total. The Hall–Kier alpha value is -2.61. The summed E-state index contributed by atoms with van der Waals surface area (Å²) < 4.78 is 5.45. The molecule has 26 heavy (non-hydrogen) atoms. The third kappa shape index (κ3) is 2.80. The van der Waals surface area contributed by atoms with Crippen LogP contribution in [0, 0.1) is 0 Å². The van der Waals surface area contributed by atoms with Crippen molar-refractivity contribution in [2.45, 2.75) is 37.6 Å². The van der Waals surface area contributed by atoms with Gasteiger partial charge >= 0.3 is 0 Å². The van der Waals surface area contributed by atoms with E-state index in [-0.39, 0.29) is 11.9 Å². The van der Waals surface area contributed by atoms with Gasteiger partial charge in [0.1, 0.15) is 6.04 Å². The zero-order valence-corrected chi connectivity index (χ0v) is 14.9. The van der Waals surface area contributed by atoms with Gasteiger partial charge in [-0.3, -0.25) is 4.79 Å². The van der Waals surface area contributed by atoms with Crippen molar-refractivity contribution in [3.8, 4) is 10.7 Å². The van der Waals surface area contributed by atoms with E-state index >= 15 is 0 Å². The summed E-state index contributed by atoms with van der Waals surface area (Å²) in [4.78, 5) is 28.9. The number of hydrogen-bond acceptors (Lipinski definition) is 7. The van der Waals surface area contributed by atoms with E-state index in [1.54, 1.807) is 28.6 Å². The lowest BCUT2D eigenvalue weighted by Gasteiger charge is -2.21. The second-order valence-corrected chi connectivity index (χ2v) is 7.64. The highest BCUT2D eigenvalue weighted by atomic mass is 32.1. The summed E-state index contributed by atoms with van der Waals surface area (Å²) in [6, 6.07) is 3.77. The van der Waals surface area contributed by atoms with E-state index in [1.165, 1.54) is 0 Å². The summed E-state index contributed by atoms with van der Waals surface area (Å²) in [7, 11) is 0. The Morgan fingerprint density at radius 2 is 2.08 bits per heavy atom. The average molecular weight is 367 g/mol. The average Bonchev–Trinajstić information content (AvgIpc) is 3.14. The number of aromatic nitrogens is 4. The van der Waals surface area contributed by atoms with Crippen LogP contribution in [-0.4, -0.2) is 37.5 Å². The number of rotatable bonds is 4. The van der Waals surface area contributed by atoms with Gasteiger partial charge in [-0.1, -0.05) is 11.2 Å². The maximum Gasteiger partial charge on any atom is 0.257 e. The molecule has 1 atom stereocenters. The predicted molar refractivity (Wildman–Crippen MR) is 94.6 cm³/mol. The van der Waals surface area contributed by atoms with Crippen LogP contribution in [0.25, 0.3) is 10.7 Å². The molecule has 1 saturated heterocycles. The van der Waals surface area contributed by atoms with Gasteiger partial charge in [0, 0.05) is 24.9 Å². The van der Waals surface area contributed by atoms with Crippen molar-refractivity contribution in [2.75, 3.05) is 6.54 Å². The standard InChI is InChI=1S/C18H17N5O2S/c24-18(12-9-19-16(20-10-12)14-4-2-8-26-14)23-7-1-3-13(23)17-21-15(22-25-17)11-5-6-11/h2,4,8-11,13H,1,3,5-7H2/t13-/m0/s1. The molecule has 4 heterocycles. The molecular formula is C18H17N5O2S. The number of likely N-dealkylation sites (tertiary alicyclic amines) is 1. The Bertz CT molecular complexity index is 917. The zero-order chi connectivity index (χ0) is 17.5. The smallest absolute Gasteiger partial charge is 0.257 e. The molecule has 3 aromatic rings. The van der Waals surface area contributed by atoms with E-state index in [0.717, 1.165) is 36.4 Å². The maximum atomic E-state index is 12.9. The molecule has 1 aliphatic carbocycles. The highest BCUT2D eigenvalue weighted by Gasteiger charge is 2.36. The minimum absolute atomic E-state index is 0.0867. The van der Waals surface area contributed by atoms with Crippen LogP contribution in [0.15, 0.2) is 34.4 Å². The Kier molecular flexibility index (Phi) is 3.77. The highest BCUT2D eigenvalue weighted by molar-refractivity contribution is 7.13. The van der Waals surface area contributed by atoms with Crippen LogP contribution in [-0.2, 0) is 0 Å². The van der Waals surface area contributed by atoms with Crippen molar-refractivity contribution < 1.29 is 9.32 Å². The van der Waals surface area contributed by atoms with Crippen LogP contribution >= 0.6 is 11.3 Å². The summed E-state index contributed by atoms with van der Waals surface area (Å²) in [6.45, 7) is 0.678. The van der Waals surface area contributed by atoms with Gasteiger partial charge in [-0.25, -0.2) is 9.97 Å². The Morgan fingerprint density at radius 1 is 1.23 bits per heavy atom. The molecule has 1 saturated carbocycles. The Labute approximate surface area is 154 Å². The number of nitrogens with zero attached hydrogens (tertiary/aromatic N) is 5. The first-order chi connectivity index (χ1) is 12.8. The minimum atomic E-state index is -0.153. The summed E-state index contributed by atoms with van der Waals surface area (Å²) in [6.07, 6.45) is 7.21. The van der Waals surface area contributed by atoms with Crippen molar-refractivity contribution in [1.29, 1.82) is 0 Å². The molecule has 2 aliphatic rings. The van der Waals surface area contributed by atoms with Crippen molar-refractivity contribution >= 4 is 17.2 Å². The van der Waals surface area contributed by atoms with Gasteiger partial charge in [0.25, 0.3) is 5.91 Å². The highest BCUT2D eigenvalue weighted by Crippen LogP contribution is 2.40. The predicted octanol–water partition coefficient (Wildman–Crippen LogP) is 3.44. The van der Waals surface area contributed by atoms with E-state index in [2.05, 4.69) is 20.1 Å². The fourth-order valence-corrected chi connectivity index (χ4v) is 3.97. The fourth-order valence-electron chi connectivity index (χ4n) is 3.29. The number of thiophene rings is 1. The third-order valence-corrected chi connectivity index (χ3v) is 5.70. The first-order valence-electron chi connectivity index (χ1n) is 8.80. The Balaban J connectivity index is 1.36. The molecule has 1 amide bonds. The van der Waals surface area contributed by atoms with Crippen LogP contribution in [0.3, 0.4) is 0 Å². The molecule has 5 rings (SSSR count). The monoisotopic (exact) mass is 367 g/mol. The van der Waals surface area contributed by atoms with E-state index in [1.807, 2.05) is 17.5 Å². The number of amides is 1. The minimum Gasteiger partial charge on any atom is -0.337 e. The molecule has 3 aromatic heterocycles. The summed E-state index contributed by atoms with van der Waals surface area (Å²) in [5.74, 6) is 2.32.